The fourth-order valence-electron chi connectivity index (χ4n) is 2.99. The van der Waals surface area contributed by atoms with Crippen LogP contribution in [0.1, 0.15) is 122 Å². The first kappa shape index (κ1) is 32.6. The van der Waals surface area contributed by atoms with Crippen molar-refractivity contribution in [1.29, 1.82) is 0 Å². The van der Waals surface area contributed by atoms with Crippen molar-refractivity contribution in [2.24, 2.45) is 0 Å². The van der Waals surface area contributed by atoms with Gasteiger partial charge in [0.2, 0.25) is 0 Å². The highest BCUT2D eigenvalue weighted by atomic mass is 17.2. The lowest BCUT2D eigenvalue weighted by molar-refractivity contribution is -0.303. The van der Waals surface area contributed by atoms with Crippen LogP contribution in [0.5, 0.6) is 0 Å². The van der Waals surface area contributed by atoms with Gasteiger partial charge in [-0.3, -0.25) is 19.5 Å². The van der Waals surface area contributed by atoms with E-state index in [-0.39, 0.29) is 5.56 Å². The Kier molecular flexibility index (Phi) is 10.4. The van der Waals surface area contributed by atoms with Gasteiger partial charge in [-0.05, 0) is 86.4 Å². The highest BCUT2D eigenvalue weighted by Gasteiger charge is 2.33. The van der Waals surface area contributed by atoms with Crippen LogP contribution in [0.25, 0.3) is 0 Å². The minimum atomic E-state index is -1.20. The molecule has 0 fully saturated rings. The Morgan fingerprint density at radius 3 is 1.30 bits per heavy atom. The largest absolute Gasteiger partial charge is 0.374 e. The van der Waals surface area contributed by atoms with Crippen molar-refractivity contribution in [3.63, 3.8) is 0 Å². The minimum Gasteiger partial charge on any atom is -0.292 e. The third-order valence-electron chi connectivity index (χ3n) is 4.77. The molecule has 0 aliphatic rings. The first-order valence-corrected chi connectivity index (χ1v) is 12.8. The molecule has 2 aromatic carbocycles. The molecule has 0 saturated carbocycles. The summed E-state index contributed by atoms with van der Waals surface area (Å²) in [6.07, 6.45) is 0.773. The van der Waals surface area contributed by atoms with Crippen LogP contribution in [0.4, 0.5) is 0 Å². The van der Waals surface area contributed by atoms with Crippen molar-refractivity contribution in [2.45, 2.75) is 92.5 Å². The molecule has 2 aromatic rings. The molecule has 0 aliphatic carbocycles. The molecule has 0 N–H and O–H groups in total. The molecule has 0 radical (unpaired) electrons. The molecule has 0 spiro atoms. The van der Waals surface area contributed by atoms with Gasteiger partial charge in [-0.25, -0.2) is 14.4 Å². The first-order chi connectivity index (χ1) is 18.3. The van der Waals surface area contributed by atoms with E-state index >= 15 is 0 Å². The highest BCUT2D eigenvalue weighted by molar-refractivity contribution is 6.15. The Bertz CT molecular complexity index is 1190. The standard InChI is InChI=1S/C30H38O10/c1-11-18-12-14-19(15-13-18)24(31)20-16-21(25(32)35-38-28(2,3)4)23(27(34)37-40-30(8,9)10)22(17-20)26(33)36-39-29(5,6)7/h12-17H,11H2,1-10H3. The number of hydrogen-bond acceptors (Lipinski definition) is 10. The SMILES string of the molecule is CCc1ccc(C(=O)c2cc(C(=O)OOC(C)(C)C)c(C(=O)OOC(C)(C)C)c(C(=O)OOC(C)(C)C)c2)cc1. The molecule has 218 valence electrons. The fourth-order valence-corrected chi connectivity index (χ4v) is 2.99. The number of ketones is 1. The second kappa shape index (κ2) is 12.7. The molecule has 0 amide bonds. The van der Waals surface area contributed by atoms with Crippen molar-refractivity contribution in [3.8, 4) is 0 Å². The van der Waals surface area contributed by atoms with Gasteiger partial charge >= 0.3 is 17.9 Å². The maximum atomic E-state index is 13.5. The summed E-state index contributed by atoms with van der Waals surface area (Å²) in [5.41, 5.74) is -3.03. The van der Waals surface area contributed by atoms with Gasteiger partial charge in [0.15, 0.2) is 5.78 Å². The maximum Gasteiger partial charge on any atom is 0.374 e. The van der Waals surface area contributed by atoms with Gasteiger partial charge in [-0.1, -0.05) is 31.2 Å². The van der Waals surface area contributed by atoms with Crippen molar-refractivity contribution in [2.75, 3.05) is 0 Å². The molecule has 10 heteroatoms. The van der Waals surface area contributed by atoms with Crippen molar-refractivity contribution in [3.05, 3.63) is 69.8 Å². The molecule has 0 saturated heterocycles. The van der Waals surface area contributed by atoms with Gasteiger partial charge < -0.3 is 0 Å². The molecule has 0 aliphatic heterocycles. The second-order valence-corrected chi connectivity index (χ2v) is 12.0. The number of rotatable bonds is 9. The Morgan fingerprint density at radius 2 is 0.950 bits per heavy atom. The lowest BCUT2D eigenvalue weighted by Gasteiger charge is -2.21. The van der Waals surface area contributed by atoms with Crippen LogP contribution in [-0.4, -0.2) is 40.5 Å². The summed E-state index contributed by atoms with van der Waals surface area (Å²) < 4.78 is 0. The van der Waals surface area contributed by atoms with Crippen LogP contribution in [0, 0.1) is 0 Å². The smallest absolute Gasteiger partial charge is 0.292 e. The van der Waals surface area contributed by atoms with Crippen molar-refractivity contribution in [1.82, 2.24) is 0 Å². The van der Waals surface area contributed by atoms with E-state index in [1.165, 1.54) is 0 Å². The summed E-state index contributed by atoms with van der Waals surface area (Å²) >= 11 is 0. The van der Waals surface area contributed by atoms with Gasteiger partial charge in [-0.15, -0.1) is 0 Å². The topological polar surface area (TPSA) is 124 Å². The van der Waals surface area contributed by atoms with E-state index in [1.807, 2.05) is 6.92 Å². The van der Waals surface area contributed by atoms with Crippen LogP contribution < -0.4 is 0 Å². The van der Waals surface area contributed by atoms with E-state index in [1.54, 1.807) is 86.6 Å². The maximum absolute atomic E-state index is 13.5. The molecule has 10 nitrogen and oxygen atoms in total. The summed E-state index contributed by atoms with van der Waals surface area (Å²) in [6, 6.07) is 9.09. The minimum absolute atomic E-state index is 0.0945. The third kappa shape index (κ3) is 9.86. The van der Waals surface area contributed by atoms with E-state index in [2.05, 4.69) is 0 Å². The summed E-state index contributed by atoms with van der Waals surface area (Å²) in [6.45, 7) is 16.7. The third-order valence-corrected chi connectivity index (χ3v) is 4.77. The van der Waals surface area contributed by atoms with Crippen LogP contribution in [-0.2, 0) is 35.7 Å². The average Bonchev–Trinajstić information content (AvgIpc) is 2.86. The van der Waals surface area contributed by atoms with Gasteiger partial charge in [0.05, 0.1) is 16.7 Å². The Balaban J connectivity index is 2.74. The predicted molar refractivity (Wildman–Crippen MR) is 144 cm³/mol. The van der Waals surface area contributed by atoms with E-state index in [9.17, 15) is 19.2 Å². The second-order valence-electron chi connectivity index (χ2n) is 12.0. The van der Waals surface area contributed by atoms with E-state index in [0.717, 1.165) is 24.1 Å². The van der Waals surface area contributed by atoms with Crippen LogP contribution in [0.2, 0.25) is 0 Å². The van der Waals surface area contributed by atoms with Crippen LogP contribution >= 0.6 is 0 Å². The number of carbonyl (C=O) groups excluding carboxylic acids is 4. The summed E-state index contributed by atoms with van der Waals surface area (Å²) in [5, 5.41) is 0. The molecule has 0 bridgehead atoms. The molecule has 40 heavy (non-hydrogen) atoms. The molecule has 0 atom stereocenters. The average molecular weight is 559 g/mol. The van der Waals surface area contributed by atoms with E-state index in [4.69, 9.17) is 29.3 Å². The lowest BCUT2D eigenvalue weighted by atomic mass is 9.93. The Labute approximate surface area is 234 Å². The molecule has 0 aromatic heterocycles. The zero-order valence-electron chi connectivity index (χ0n) is 24.8. The molecule has 0 unspecified atom stereocenters. The molecular formula is C30H38O10. The van der Waals surface area contributed by atoms with Gasteiger partial charge in [-0.2, -0.15) is 14.7 Å². The van der Waals surface area contributed by atoms with Crippen molar-refractivity contribution >= 4 is 23.7 Å². The van der Waals surface area contributed by atoms with E-state index in [0.29, 0.717) is 5.56 Å². The number of benzene rings is 2. The zero-order chi connectivity index (χ0) is 30.5. The number of hydrogen-bond donors (Lipinski definition) is 0. The summed E-state index contributed by atoms with van der Waals surface area (Å²) in [7, 11) is 0. The monoisotopic (exact) mass is 558 g/mol. The predicted octanol–water partition coefficient (Wildman–Crippen LogP) is 6.14. The van der Waals surface area contributed by atoms with Crippen LogP contribution in [0.15, 0.2) is 36.4 Å². The summed E-state index contributed by atoms with van der Waals surface area (Å²) in [4.78, 5) is 83.4. The molecule has 2 rings (SSSR count). The zero-order valence-corrected chi connectivity index (χ0v) is 24.8. The number of aryl methyl sites for hydroxylation is 1. The van der Waals surface area contributed by atoms with Gasteiger partial charge in [0, 0.05) is 11.1 Å². The van der Waals surface area contributed by atoms with Crippen LogP contribution in [0.3, 0.4) is 0 Å². The Morgan fingerprint density at radius 1 is 0.575 bits per heavy atom. The van der Waals surface area contributed by atoms with E-state index < -0.39 is 57.2 Å². The lowest BCUT2D eigenvalue weighted by Crippen LogP contribution is -2.28. The fraction of sp³-hybridized carbons (Fsp3) is 0.467. The van der Waals surface area contributed by atoms with Crippen molar-refractivity contribution < 1.29 is 48.5 Å². The molecule has 0 heterocycles. The Hall–Kier alpha value is -3.60. The number of carbonyl (C=O) groups is 4. The first-order valence-electron chi connectivity index (χ1n) is 12.8. The van der Waals surface area contributed by atoms with Gasteiger partial charge in [0.25, 0.3) is 0 Å². The van der Waals surface area contributed by atoms with Gasteiger partial charge in [0.1, 0.15) is 16.8 Å². The summed E-state index contributed by atoms with van der Waals surface area (Å²) in [5.74, 6) is -4.03. The highest BCUT2D eigenvalue weighted by Crippen LogP contribution is 2.26. The normalized spacial score (nSPS) is 12.1. The quantitative estimate of drug-likeness (QED) is 0.201. The molecular weight excluding hydrogens is 520 g/mol.